The minimum Gasteiger partial charge on any atom is -0.481 e. The molecule has 214 valence electrons. The predicted octanol–water partition coefficient (Wildman–Crippen LogP) is 1.14. The molecule has 1 heterocycles. The summed E-state index contributed by atoms with van der Waals surface area (Å²) in [6.45, 7) is 7.24. The Morgan fingerprint density at radius 3 is 2.08 bits per heavy atom. The summed E-state index contributed by atoms with van der Waals surface area (Å²) in [5.41, 5.74) is 7.45. The summed E-state index contributed by atoms with van der Waals surface area (Å²) in [6, 6.07) is 2.37. The molecule has 8 N–H and O–H groups in total. The number of para-hydroxylation sites is 1. The van der Waals surface area contributed by atoms with Crippen molar-refractivity contribution in [3.05, 3.63) is 36.0 Å². The first-order chi connectivity index (χ1) is 18.4. The normalized spacial score (nSPS) is 15.8. The number of aromatic amines is 1. The van der Waals surface area contributed by atoms with E-state index in [1.165, 1.54) is 0 Å². The third kappa shape index (κ3) is 8.54. The van der Waals surface area contributed by atoms with Crippen LogP contribution in [-0.2, 0) is 30.4 Å². The maximum Gasteiger partial charge on any atom is 0.326 e. The topological polar surface area (TPSA) is 204 Å². The third-order valence-corrected chi connectivity index (χ3v) is 7.08. The van der Waals surface area contributed by atoms with Crippen LogP contribution >= 0.6 is 0 Å². The largest absolute Gasteiger partial charge is 0.481 e. The number of benzene rings is 1. The number of nitrogens with one attached hydrogen (secondary N) is 4. The minimum absolute atomic E-state index is 0.0716. The summed E-state index contributed by atoms with van der Waals surface area (Å²) in [4.78, 5) is 65.5. The molecule has 0 spiro atoms. The molecule has 0 saturated heterocycles. The molecule has 2 aromatic rings. The molecule has 0 fully saturated rings. The molecule has 12 nitrogen and oxygen atoms in total. The average Bonchev–Trinajstić information content (AvgIpc) is 3.31. The zero-order valence-electron chi connectivity index (χ0n) is 22.7. The number of carboxylic acid groups (broad SMARTS) is 2. The van der Waals surface area contributed by atoms with Crippen molar-refractivity contribution in [2.75, 3.05) is 0 Å². The lowest BCUT2D eigenvalue weighted by Crippen LogP contribution is -2.59. The number of carbonyl (C=O) groups is 5. The molecule has 1 aromatic carbocycles. The van der Waals surface area contributed by atoms with Crippen LogP contribution in [0.5, 0.6) is 0 Å². The molecule has 6 atom stereocenters. The average molecular weight is 546 g/mol. The highest BCUT2D eigenvalue weighted by molar-refractivity contribution is 5.96. The van der Waals surface area contributed by atoms with E-state index < -0.39 is 60.2 Å². The molecule has 0 aliphatic heterocycles. The van der Waals surface area contributed by atoms with Crippen molar-refractivity contribution >= 4 is 40.6 Å². The number of amides is 3. The van der Waals surface area contributed by atoms with Crippen LogP contribution < -0.4 is 21.7 Å². The summed E-state index contributed by atoms with van der Waals surface area (Å²) >= 11 is 0. The fourth-order valence-electron chi connectivity index (χ4n) is 4.10. The van der Waals surface area contributed by atoms with Crippen LogP contribution in [0.3, 0.4) is 0 Å². The quantitative estimate of drug-likeness (QED) is 0.172. The second kappa shape index (κ2) is 14.3. The zero-order valence-corrected chi connectivity index (χ0v) is 22.7. The Bertz CT molecular complexity index is 1180. The van der Waals surface area contributed by atoms with Gasteiger partial charge in [-0.15, -0.1) is 0 Å². The van der Waals surface area contributed by atoms with Crippen molar-refractivity contribution in [3.8, 4) is 0 Å². The van der Waals surface area contributed by atoms with Gasteiger partial charge in [0.2, 0.25) is 17.7 Å². The summed E-state index contributed by atoms with van der Waals surface area (Å²) in [7, 11) is 0. The molecule has 0 radical (unpaired) electrons. The van der Waals surface area contributed by atoms with Gasteiger partial charge in [-0.1, -0.05) is 58.7 Å². The van der Waals surface area contributed by atoms with E-state index in [1.54, 1.807) is 19.2 Å². The van der Waals surface area contributed by atoms with E-state index in [4.69, 9.17) is 5.73 Å². The lowest BCUT2D eigenvalue weighted by molar-refractivity contribution is -0.143. The summed E-state index contributed by atoms with van der Waals surface area (Å²) < 4.78 is 0. The number of fused-ring (bicyclic) bond motifs is 1. The standard InChI is InChI=1S/C27H39N5O7/c1-5-14(3)22(28)25(36)32-23(15(4)6-2)26(37)30-19(12-21(33)34)24(35)31-20(27(38)39)11-16-13-29-18-10-8-7-9-17(16)18/h7-10,13-15,19-20,22-23,29H,5-6,11-12,28H2,1-4H3,(H,30,37)(H,31,35)(H,32,36)(H,33,34)(H,38,39). The van der Waals surface area contributed by atoms with Crippen LogP contribution in [0.4, 0.5) is 0 Å². The Kier molecular flexibility index (Phi) is 11.5. The van der Waals surface area contributed by atoms with Gasteiger partial charge in [0.05, 0.1) is 12.5 Å². The maximum absolute atomic E-state index is 13.2. The highest BCUT2D eigenvalue weighted by Crippen LogP contribution is 2.19. The van der Waals surface area contributed by atoms with Crippen molar-refractivity contribution < 1.29 is 34.2 Å². The Hall–Kier alpha value is -3.93. The van der Waals surface area contributed by atoms with Crippen LogP contribution in [0, 0.1) is 11.8 Å². The fourth-order valence-corrected chi connectivity index (χ4v) is 4.10. The van der Waals surface area contributed by atoms with Crippen molar-refractivity contribution in [2.45, 2.75) is 77.5 Å². The molecule has 0 bridgehead atoms. The van der Waals surface area contributed by atoms with Crippen LogP contribution in [0.15, 0.2) is 30.5 Å². The van der Waals surface area contributed by atoms with Gasteiger partial charge in [0.1, 0.15) is 18.1 Å². The van der Waals surface area contributed by atoms with Gasteiger partial charge in [0.15, 0.2) is 0 Å². The molecular weight excluding hydrogens is 506 g/mol. The second-order valence-corrected chi connectivity index (χ2v) is 9.91. The molecule has 2 rings (SSSR count). The SMILES string of the molecule is CCC(C)C(N)C(=O)NC(C(=O)NC(CC(=O)O)C(=O)NC(Cc1c[nH]c2ccccc12)C(=O)O)C(C)CC. The van der Waals surface area contributed by atoms with Crippen molar-refractivity contribution in [3.63, 3.8) is 0 Å². The zero-order chi connectivity index (χ0) is 29.3. The van der Waals surface area contributed by atoms with Crippen LogP contribution in [0.25, 0.3) is 10.9 Å². The van der Waals surface area contributed by atoms with E-state index in [2.05, 4.69) is 20.9 Å². The van der Waals surface area contributed by atoms with E-state index in [1.807, 2.05) is 39.0 Å². The van der Waals surface area contributed by atoms with E-state index in [0.717, 1.165) is 10.9 Å². The lowest BCUT2D eigenvalue weighted by Gasteiger charge is -2.28. The van der Waals surface area contributed by atoms with Gasteiger partial charge in [0, 0.05) is 23.5 Å². The molecule has 6 unspecified atom stereocenters. The Morgan fingerprint density at radius 1 is 0.872 bits per heavy atom. The number of hydrogen-bond acceptors (Lipinski definition) is 6. The lowest BCUT2D eigenvalue weighted by atomic mass is 9.95. The van der Waals surface area contributed by atoms with Gasteiger partial charge in [-0.2, -0.15) is 0 Å². The number of aromatic nitrogens is 1. The van der Waals surface area contributed by atoms with Crippen molar-refractivity contribution in [1.29, 1.82) is 0 Å². The molecular formula is C27H39N5O7. The number of H-pyrrole nitrogens is 1. The summed E-state index contributed by atoms with van der Waals surface area (Å²) in [6.07, 6.45) is 1.94. The highest BCUT2D eigenvalue weighted by atomic mass is 16.4. The van der Waals surface area contributed by atoms with E-state index in [9.17, 15) is 34.2 Å². The number of aliphatic carboxylic acids is 2. The number of nitrogens with two attached hydrogens (primary N) is 1. The predicted molar refractivity (Wildman–Crippen MR) is 145 cm³/mol. The van der Waals surface area contributed by atoms with Gasteiger partial charge >= 0.3 is 11.9 Å². The number of hydrogen-bond donors (Lipinski definition) is 7. The maximum atomic E-state index is 13.2. The van der Waals surface area contributed by atoms with Crippen LogP contribution in [0.2, 0.25) is 0 Å². The number of carboxylic acids is 2. The van der Waals surface area contributed by atoms with Gasteiger partial charge in [-0.05, 0) is 23.5 Å². The van der Waals surface area contributed by atoms with Gasteiger partial charge < -0.3 is 36.9 Å². The van der Waals surface area contributed by atoms with E-state index in [-0.39, 0.29) is 18.3 Å². The number of carbonyl (C=O) groups excluding carboxylic acids is 3. The first-order valence-corrected chi connectivity index (χ1v) is 13.1. The fraction of sp³-hybridized carbons (Fsp3) is 0.519. The Balaban J connectivity index is 2.21. The van der Waals surface area contributed by atoms with E-state index >= 15 is 0 Å². The first kappa shape index (κ1) is 31.3. The molecule has 39 heavy (non-hydrogen) atoms. The first-order valence-electron chi connectivity index (χ1n) is 13.1. The van der Waals surface area contributed by atoms with Gasteiger partial charge in [0.25, 0.3) is 0 Å². The molecule has 1 aromatic heterocycles. The van der Waals surface area contributed by atoms with E-state index in [0.29, 0.717) is 18.4 Å². The Labute approximate surface area is 227 Å². The smallest absolute Gasteiger partial charge is 0.326 e. The molecule has 0 aliphatic rings. The third-order valence-electron chi connectivity index (χ3n) is 7.08. The van der Waals surface area contributed by atoms with Gasteiger partial charge in [-0.3, -0.25) is 19.2 Å². The van der Waals surface area contributed by atoms with Crippen LogP contribution in [-0.4, -0.2) is 69.0 Å². The molecule has 12 heteroatoms. The summed E-state index contributed by atoms with van der Waals surface area (Å²) in [5.74, 6) is -5.46. The molecule has 0 saturated carbocycles. The minimum atomic E-state index is -1.58. The van der Waals surface area contributed by atoms with Crippen molar-refractivity contribution in [2.24, 2.45) is 17.6 Å². The number of rotatable bonds is 15. The monoisotopic (exact) mass is 545 g/mol. The van der Waals surface area contributed by atoms with Gasteiger partial charge in [-0.25, -0.2) is 4.79 Å². The van der Waals surface area contributed by atoms with Crippen molar-refractivity contribution in [1.82, 2.24) is 20.9 Å². The Morgan fingerprint density at radius 2 is 1.49 bits per heavy atom. The van der Waals surface area contributed by atoms with Crippen LogP contribution in [0.1, 0.15) is 52.5 Å². The summed E-state index contributed by atoms with van der Waals surface area (Å²) in [5, 5.41) is 27.3. The second-order valence-electron chi connectivity index (χ2n) is 9.91. The molecule has 0 aliphatic carbocycles. The molecule has 3 amide bonds. The highest BCUT2D eigenvalue weighted by Gasteiger charge is 2.34.